The van der Waals surface area contributed by atoms with Gasteiger partial charge in [0.1, 0.15) is 5.82 Å². The van der Waals surface area contributed by atoms with Gasteiger partial charge in [0.05, 0.1) is 5.56 Å². The monoisotopic (exact) mass is 341 g/mol. The number of likely N-dealkylation sites (tertiary alicyclic amines) is 1. The SMILES string of the molecule is CN(C(=O)c1ccccc1F)C1CCN(CCc2ccccn2)CC1. The Morgan fingerprint density at radius 1 is 1.20 bits per heavy atom. The zero-order chi connectivity index (χ0) is 17.6. The lowest BCUT2D eigenvalue weighted by molar-refractivity contribution is 0.0639. The molecule has 1 saturated heterocycles. The maximum atomic E-state index is 13.8. The molecule has 1 aliphatic heterocycles. The van der Waals surface area contributed by atoms with Gasteiger partial charge in [-0.1, -0.05) is 18.2 Å². The lowest BCUT2D eigenvalue weighted by atomic mass is 10.0. The third kappa shape index (κ3) is 4.42. The Bertz CT molecular complexity index is 699. The minimum Gasteiger partial charge on any atom is -0.339 e. The minimum atomic E-state index is -0.452. The van der Waals surface area contributed by atoms with Crippen LogP contribution < -0.4 is 0 Å². The van der Waals surface area contributed by atoms with Gasteiger partial charge < -0.3 is 9.80 Å². The van der Waals surface area contributed by atoms with Gasteiger partial charge >= 0.3 is 0 Å². The molecular weight excluding hydrogens is 317 g/mol. The number of hydrogen-bond donors (Lipinski definition) is 0. The number of piperidine rings is 1. The third-order valence-corrected chi connectivity index (χ3v) is 4.94. The first-order valence-corrected chi connectivity index (χ1v) is 8.79. The van der Waals surface area contributed by atoms with Crippen LogP contribution in [-0.2, 0) is 6.42 Å². The van der Waals surface area contributed by atoms with Gasteiger partial charge in [0.15, 0.2) is 0 Å². The van der Waals surface area contributed by atoms with E-state index in [-0.39, 0.29) is 17.5 Å². The Balaban J connectivity index is 1.50. The molecule has 2 heterocycles. The molecule has 0 bridgehead atoms. The number of benzene rings is 1. The van der Waals surface area contributed by atoms with Crippen molar-refractivity contribution >= 4 is 5.91 Å². The summed E-state index contributed by atoms with van der Waals surface area (Å²) in [6.07, 6.45) is 4.60. The van der Waals surface area contributed by atoms with Crippen LogP contribution in [0.5, 0.6) is 0 Å². The summed E-state index contributed by atoms with van der Waals surface area (Å²) in [6, 6.07) is 12.3. The number of nitrogens with zero attached hydrogens (tertiary/aromatic N) is 3. The van der Waals surface area contributed by atoms with Gasteiger partial charge in [-0.3, -0.25) is 9.78 Å². The molecule has 0 radical (unpaired) electrons. The highest BCUT2D eigenvalue weighted by Crippen LogP contribution is 2.19. The third-order valence-electron chi connectivity index (χ3n) is 4.94. The summed E-state index contributed by atoms with van der Waals surface area (Å²) < 4.78 is 13.8. The Morgan fingerprint density at radius 3 is 2.60 bits per heavy atom. The van der Waals surface area contributed by atoms with Crippen molar-refractivity contribution in [2.45, 2.75) is 25.3 Å². The first kappa shape index (κ1) is 17.5. The molecule has 5 heteroatoms. The number of pyridine rings is 1. The largest absolute Gasteiger partial charge is 0.339 e. The van der Waals surface area contributed by atoms with Gasteiger partial charge in [-0.15, -0.1) is 0 Å². The fourth-order valence-corrected chi connectivity index (χ4v) is 3.34. The van der Waals surface area contributed by atoms with Crippen molar-refractivity contribution in [3.8, 4) is 0 Å². The molecule has 0 aliphatic carbocycles. The normalized spacial score (nSPS) is 15.9. The standard InChI is InChI=1S/C20H24FN3O/c1-23(20(25)18-7-2-3-8-19(18)21)17-10-14-24(15-11-17)13-9-16-6-4-5-12-22-16/h2-8,12,17H,9-11,13-15H2,1H3. The average molecular weight is 341 g/mol. The van der Waals surface area contributed by atoms with Gasteiger partial charge in [0, 0.05) is 51.0 Å². The Morgan fingerprint density at radius 2 is 1.92 bits per heavy atom. The molecule has 0 spiro atoms. The van der Waals surface area contributed by atoms with Crippen molar-refractivity contribution in [2.75, 3.05) is 26.7 Å². The maximum Gasteiger partial charge on any atom is 0.256 e. The number of rotatable bonds is 5. The van der Waals surface area contributed by atoms with Crippen LogP contribution >= 0.6 is 0 Å². The highest BCUT2D eigenvalue weighted by molar-refractivity contribution is 5.94. The van der Waals surface area contributed by atoms with Crippen molar-refractivity contribution in [2.24, 2.45) is 0 Å². The van der Waals surface area contributed by atoms with Crippen LogP contribution in [0.25, 0.3) is 0 Å². The van der Waals surface area contributed by atoms with E-state index in [0.717, 1.165) is 44.6 Å². The van der Waals surface area contributed by atoms with Crippen LogP contribution in [0.1, 0.15) is 28.9 Å². The van der Waals surface area contributed by atoms with E-state index in [4.69, 9.17) is 0 Å². The van der Waals surface area contributed by atoms with Gasteiger partial charge in [0.2, 0.25) is 0 Å². The van der Waals surface area contributed by atoms with Gasteiger partial charge in [-0.2, -0.15) is 0 Å². The molecular formula is C20H24FN3O. The zero-order valence-corrected chi connectivity index (χ0v) is 14.6. The molecule has 0 unspecified atom stereocenters. The number of carbonyl (C=O) groups excluding carboxylic acids is 1. The van der Waals surface area contributed by atoms with Crippen LogP contribution in [-0.4, -0.2) is 53.4 Å². The summed E-state index contributed by atoms with van der Waals surface area (Å²) in [4.78, 5) is 21.0. The van der Waals surface area contributed by atoms with Crippen LogP contribution in [0, 0.1) is 5.82 Å². The lowest BCUT2D eigenvalue weighted by Gasteiger charge is -2.36. The summed E-state index contributed by atoms with van der Waals surface area (Å²) >= 11 is 0. The van der Waals surface area contributed by atoms with E-state index in [1.54, 1.807) is 30.1 Å². The molecule has 25 heavy (non-hydrogen) atoms. The second-order valence-electron chi connectivity index (χ2n) is 6.54. The summed E-state index contributed by atoms with van der Waals surface area (Å²) in [5, 5.41) is 0. The lowest BCUT2D eigenvalue weighted by Crippen LogP contribution is -2.46. The van der Waals surface area contributed by atoms with Crippen molar-refractivity contribution in [3.05, 3.63) is 65.7 Å². The summed E-state index contributed by atoms with van der Waals surface area (Å²) in [7, 11) is 1.78. The highest BCUT2D eigenvalue weighted by atomic mass is 19.1. The van der Waals surface area contributed by atoms with Crippen molar-refractivity contribution in [1.82, 2.24) is 14.8 Å². The molecule has 3 rings (SSSR count). The van der Waals surface area contributed by atoms with Gasteiger partial charge in [-0.05, 0) is 37.1 Å². The maximum absolute atomic E-state index is 13.8. The number of hydrogen-bond acceptors (Lipinski definition) is 3. The zero-order valence-electron chi connectivity index (χ0n) is 14.6. The van der Waals surface area contributed by atoms with E-state index in [1.165, 1.54) is 6.07 Å². The number of aromatic nitrogens is 1. The molecule has 2 aromatic rings. The molecule has 1 aromatic carbocycles. The Labute approximate surface area is 148 Å². The molecule has 1 amide bonds. The van der Waals surface area contributed by atoms with Crippen LogP contribution in [0.4, 0.5) is 4.39 Å². The van der Waals surface area contributed by atoms with Crippen LogP contribution in [0.15, 0.2) is 48.7 Å². The minimum absolute atomic E-state index is 0.155. The van der Waals surface area contributed by atoms with Gasteiger partial charge in [0.25, 0.3) is 5.91 Å². The van der Waals surface area contributed by atoms with Crippen LogP contribution in [0.2, 0.25) is 0 Å². The smallest absolute Gasteiger partial charge is 0.256 e. The van der Waals surface area contributed by atoms with Crippen molar-refractivity contribution < 1.29 is 9.18 Å². The van der Waals surface area contributed by atoms with E-state index in [1.807, 2.05) is 24.4 Å². The van der Waals surface area contributed by atoms with E-state index >= 15 is 0 Å². The molecule has 132 valence electrons. The van der Waals surface area contributed by atoms with Crippen LogP contribution in [0.3, 0.4) is 0 Å². The predicted octanol–water partition coefficient (Wildman–Crippen LogP) is 3.00. The topological polar surface area (TPSA) is 36.4 Å². The summed E-state index contributed by atoms with van der Waals surface area (Å²) in [6.45, 7) is 2.88. The van der Waals surface area contributed by atoms with Crippen molar-refractivity contribution in [3.63, 3.8) is 0 Å². The van der Waals surface area contributed by atoms with Crippen molar-refractivity contribution in [1.29, 1.82) is 0 Å². The predicted molar refractivity (Wildman–Crippen MR) is 95.9 cm³/mol. The molecule has 1 aromatic heterocycles. The van der Waals surface area contributed by atoms with E-state index in [9.17, 15) is 9.18 Å². The van der Waals surface area contributed by atoms with Gasteiger partial charge in [-0.25, -0.2) is 4.39 Å². The van der Waals surface area contributed by atoms with E-state index in [2.05, 4.69) is 9.88 Å². The first-order valence-electron chi connectivity index (χ1n) is 8.79. The number of halogens is 1. The number of carbonyl (C=O) groups is 1. The Hall–Kier alpha value is -2.27. The molecule has 4 nitrogen and oxygen atoms in total. The molecule has 1 aliphatic rings. The first-order chi connectivity index (χ1) is 12.1. The molecule has 0 atom stereocenters. The summed E-state index contributed by atoms with van der Waals surface area (Å²) in [5.41, 5.74) is 1.26. The van der Waals surface area contributed by atoms with E-state index < -0.39 is 5.82 Å². The second-order valence-corrected chi connectivity index (χ2v) is 6.54. The molecule has 1 fully saturated rings. The fraction of sp³-hybridized carbons (Fsp3) is 0.400. The summed E-state index contributed by atoms with van der Waals surface area (Å²) in [5.74, 6) is -0.683. The Kier molecular flexibility index (Phi) is 5.76. The highest BCUT2D eigenvalue weighted by Gasteiger charge is 2.26. The quantitative estimate of drug-likeness (QED) is 0.839. The fourth-order valence-electron chi connectivity index (χ4n) is 3.34. The average Bonchev–Trinajstić information content (AvgIpc) is 2.67. The second kappa shape index (κ2) is 8.21. The van der Waals surface area contributed by atoms with E-state index in [0.29, 0.717) is 0 Å². The number of amides is 1. The molecule has 0 N–H and O–H groups in total. The molecule has 0 saturated carbocycles.